The Hall–Kier alpha value is -1.17. The van der Waals surface area contributed by atoms with Crippen LogP contribution in [0.3, 0.4) is 0 Å². The Morgan fingerprint density at radius 1 is 1.10 bits per heavy atom. The summed E-state index contributed by atoms with van der Waals surface area (Å²) in [5.41, 5.74) is 1.27. The van der Waals surface area contributed by atoms with Gasteiger partial charge in [-0.25, -0.2) is 0 Å². The van der Waals surface area contributed by atoms with Gasteiger partial charge >= 0.3 is 0 Å². The van der Waals surface area contributed by atoms with Gasteiger partial charge in [-0.3, -0.25) is 9.69 Å². The lowest BCUT2D eigenvalue weighted by atomic mass is 10.2. The second-order valence-corrected chi connectivity index (χ2v) is 6.89. The lowest BCUT2D eigenvalue weighted by Gasteiger charge is -2.35. The maximum absolute atomic E-state index is 12.3. The van der Waals surface area contributed by atoms with E-state index >= 15 is 0 Å². The Labute approximate surface area is 137 Å². The highest BCUT2D eigenvalue weighted by Gasteiger charge is 2.21. The number of anilines is 1. The minimum atomic E-state index is 0.213. The third kappa shape index (κ3) is 3.54. The van der Waals surface area contributed by atoms with E-state index in [2.05, 4.69) is 50.0 Å². The molecule has 1 saturated heterocycles. The fraction of sp³-hybridized carbons (Fsp3) is 0.312. The number of carbonyl (C=O) groups is 1. The number of Topliss-reactive ketones (excluding diaryl/α,β-unsaturated/α-hetero) is 1. The SMILES string of the molecule is O=C(CN1CCN(c2ccccc2)CC1)c1sccc1Br. The minimum absolute atomic E-state index is 0.213. The Morgan fingerprint density at radius 2 is 1.81 bits per heavy atom. The third-order valence-corrected chi connectivity index (χ3v) is 5.61. The standard InChI is InChI=1S/C16H17BrN2OS/c17-14-6-11-21-16(14)15(20)12-18-7-9-19(10-8-18)13-4-2-1-3-5-13/h1-6,11H,7-10,12H2. The van der Waals surface area contributed by atoms with E-state index in [1.807, 2.05) is 17.5 Å². The topological polar surface area (TPSA) is 23.6 Å². The van der Waals surface area contributed by atoms with Crippen LogP contribution in [0.4, 0.5) is 5.69 Å². The van der Waals surface area contributed by atoms with E-state index < -0.39 is 0 Å². The first kappa shape index (κ1) is 14.8. The molecule has 1 aliphatic heterocycles. The summed E-state index contributed by atoms with van der Waals surface area (Å²) in [7, 11) is 0. The molecule has 21 heavy (non-hydrogen) atoms. The first-order chi connectivity index (χ1) is 10.2. The average molecular weight is 365 g/mol. The molecule has 1 fully saturated rings. The second kappa shape index (κ2) is 6.73. The molecule has 0 radical (unpaired) electrons. The largest absolute Gasteiger partial charge is 0.369 e. The highest BCUT2D eigenvalue weighted by Crippen LogP contribution is 2.23. The van der Waals surface area contributed by atoms with Crippen molar-refractivity contribution < 1.29 is 4.79 Å². The van der Waals surface area contributed by atoms with Gasteiger partial charge in [0.25, 0.3) is 0 Å². The zero-order valence-corrected chi connectivity index (χ0v) is 14.1. The van der Waals surface area contributed by atoms with Gasteiger partial charge in [-0.2, -0.15) is 0 Å². The Kier molecular flexibility index (Phi) is 4.73. The van der Waals surface area contributed by atoms with Gasteiger partial charge in [0.1, 0.15) is 0 Å². The summed E-state index contributed by atoms with van der Waals surface area (Å²) in [5, 5.41) is 1.95. The van der Waals surface area contributed by atoms with Crippen LogP contribution in [-0.4, -0.2) is 43.4 Å². The highest BCUT2D eigenvalue weighted by atomic mass is 79.9. The molecule has 1 aromatic heterocycles. The van der Waals surface area contributed by atoms with E-state index in [-0.39, 0.29) is 5.78 Å². The quantitative estimate of drug-likeness (QED) is 0.775. The van der Waals surface area contributed by atoms with Crippen molar-refractivity contribution in [2.24, 2.45) is 0 Å². The predicted molar refractivity (Wildman–Crippen MR) is 91.4 cm³/mol. The number of benzene rings is 1. The van der Waals surface area contributed by atoms with Gasteiger partial charge in [0, 0.05) is 36.3 Å². The van der Waals surface area contributed by atoms with Gasteiger partial charge in [-0.15, -0.1) is 11.3 Å². The molecule has 2 aromatic rings. The lowest BCUT2D eigenvalue weighted by molar-refractivity contribution is 0.0930. The number of carbonyl (C=O) groups excluding carboxylic acids is 1. The van der Waals surface area contributed by atoms with Gasteiger partial charge in [0.2, 0.25) is 0 Å². The van der Waals surface area contributed by atoms with Gasteiger partial charge in [-0.1, -0.05) is 18.2 Å². The first-order valence-electron chi connectivity index (χ1n) is 7.02. The Bertz CT molecular complexity index is 606. The molecule has 0 amide bonds. The van der Waals surface area contributed by atoms with Gasteiger partial charge in [-0.05, 0) is 39.5 Å². The number of nitrogens with zero attached hydrogens (tertiary/aromatic N) is 2. The number of ketones is 1. The van der Waals surface area contributed by atoms with Crippen LogP contribution in [-0.2, 0) is 0 Å². The number of piperazine rings is 1. The van der Waals surface area contributed by atoms with Crippen molar-refractivity contribution in [3.63, 3.8) is 0 Å². The number of para-hydroxylation sites is 1. The summed E-state index contributed by atoms with van der Waals surface area (Å²) in [5.74, 6) is 0.213. The normalized spacial score (nSPS) is 16.1. The molecular weight excluding hydrogens is 348 g/mol. The van der Waals surface area contributed by atoms with E-state index in [9.17, 15) is 4.79 Å². The summed E-state index contributed by atoms with van der Waals surface area (Å²) in [6, 6.07) is 12.4. The zero-order valence-electron chi connectivity index (χ0n) is 11.7. The molecule has 0 unspecified atom stereocenters. The fourth-order valence-corrected chi connectivity index (χ4v) is 4.10. The van der Waals surface area contributed by atoms with Gasteiger partial charge in [0.15, 0.2) is 5.78 Å². The van der Waals surface area contributed by atoms with Crippen molar-refractivity contribution in [3.8, 4) is 0 Å². The van der Waals surface area contributed by atoms with Gasteiger partial charge in [0.05, 0.1) is 11.4 Å². The van der Waals surface area contributed by atoms with Crippen LogP contribution in [0.15, 0.2) is 46.3 Å². The average Bonchev–Trinajstić information content (AvgIpc) is 2.95. The number of rotatable bonds is 4. The van der Waals surface area contributed by atoms with E-state index in [0.717, 1.165) is 35.5 Å². The molecule has 110 valence electrons. The van der Waals surface area contributed by atoms with Crippen LogP contribution in [0.5, 0.6) is 0 Å². The molecule has 3 rings (SSSR count). The van der Waals surface area contributed by atoms with E-state index in [1.54, 1.807) is 0 Å². The van der Waals surface area contributed by atoms with Crippen LogP contribution in [0.2, 0.25) is 0 Å². The summed E-state index contributed by atoms with van der Waals surface area (Å²) in [4.78, 5) is 17.7. The molecule has 0 spiro atoms. The van der Waals surface area contributed by atoms with E-state index in [1.165, 1.54) is 17.0 Å². The molecular formula is C16H17BrN2OS. The summed E-state index contributed by atoms with van der Waals surface area (Å²) >= 11 is 4.94. The second-order valence-electron chi connectivity index (χ2n) is 5.12. The molecule has 0 atom stereocenters. The van der Waals surface area contributed by atoms with Crippen molar-refractivity contribution in [2.75, 3.05) is 37.6 Å². The van der Waals surface area contributed by atoms with Crippen molar-refractivity contribution in [1.29, 1.82) is 0 Å². The van der Waals surface area contributed by atoms with Crippen molar-refractivity contribution in [3.05, 3.63) is 51.1 Å². The summed E-state index contributed by atoms with van der Waals surface area (Å²) < 4.78 is 0.917. The molecule has 5 heteroatoms. The molecule has 0 bridgehead atoms. The fourth-order valence-electron chi connectivity index (χ4n) is 2.57. The summed E-state index contributed by atoms with van der Waals surface area (Å²) in [6.45, 7) is 4.33. The molecule has 1 aromatic carbocycles. The smallest absolute Gasteiger partial charge is 0.187 e. The number of hydrogen-bond acceptors (Lipinski definition) is 4. The first-order valence-corrected chi connectivity index (χ1v) is 8.70. The maximum Gasteiger partial charge on any atom is 0.187 e. The highest BCUT2D eigenvalue weighted by molar-refractivity contribution is 9.10. The van der Waals surface area contributed by atoms with Crippen LogP contribution in [0.25, 0.3) is 0 Å². The maximum atomic E-state index is 12.3. The van der Waals surface area contributed by atoms with Crippen molar-refractivity contribution in [1.82, 2.24) is 4.90 Å². The van der Waals surface area contributed by atoms with Crippen LogP contribution in [0, 0.1) is 0 Å². The number of thiophene rings is 1. The predicted octanol–water partition coefficient (Wildman–Crippen LogP) is 3.52. The van der Waals surface area contributed by atoms with E-state index in [4.69, 9.17) is 0 Å². The molecule has 1 aliphatic rings. The Morgan fingerprint density at radius 3 is 2.43 bits per heavy atom. The Balaban J connectivity index is 1.55. The summed E-state index contributed by atoms with van der Waals surface area (Å²) in [6.07, 6.45) is 0. The van der Waals surface area contributed by atoms with Crippen molar-refractivity contribution >= 4 is 38.7 Å². The van der Waals surface area contributed by atoms with Crippen LogP contribution in [0.1, 0.15) is 9.67 Å². The van der Waals surface area contributed by atoms with Gasteiger partial charge < -0.3 is 4.90 Å². The van der Waals surface area contributed by atoms with Crippen LogP contribution >= 0.6 is 27.3 Å². The molecule has 3 nitrogen and oxygen atoms in total. The molecule has 0 aliphatic carbocycles. The van der Waals surface area contributed by atoms with Crippen LogP contribution < -0.4 is 4.90 Å². The molecule has 2 heterocycles. The molecule has 0 saturated carbocycles. The zero-order chi connectivity index (χ0) is 14.7. The monoisotopic (exact) mass is 364 g/mol. The van der Waals surface area contributed by atoms with E-state index in [0.29, 0.717) is 6.54 Å². The number of hydrogen-bond donors (Lipinski definition) is 0. The lowest BCUT2D eigenvalue weighted by Crippen LogP contribution is -2.47. The van der Waals surface area contributed by atoms with Crippen molar-refractivity contribution in [2.45, 2.75) is 0 Å². The minimum Gasteiger partial charge on any atom is -0.369 e. The molecule has 0 N–H and O–H groups in total. The number of halogens is 1. The third-order valence-electron chi connectivity index (χ3n) is 3.73.